The summed E-state index contributed by atoms with van der Waals surface area (Å²) in [5.41, 5.74) is 5.34. The highest BCUT2D eigenvalue weighted by molar-refractivity contribution is 5.31. The Morgan fingerprint density at radius 3 is 2.59 bits per heavy atom. The molecule has 0 aliphatic rings. The van der Waals surface area contributed by atoms with Gasteiger partial charge in [0, 0.05) is 11.9 Å². The van der Waals surface area contributed by atoms with E-state index in [1.54, 1.807) is 0 Å². The number of aromatic nitrogens is 1. The lowest BCUT2D eigenvalue weighted by molar-refractivity contribution is 0.579. The average molecular weight is 228 g/mol. The molecule has 2 nitrogen and oxygen atoms in total. The minimum absolute atomic E-state index is 0.354. The predicted octanol–water partition coefficient (Wildman–Crippen LogP) is 3.13. The summed E-state index contributed by atoms with van der Waals surface area (Å²) in [6, 6.07) is 11.2. The van der Waals surface area contributed by atoms with Gasteiger partial charge in [0.25, 0.3) is 0 Å². The molecular weight excluding hydrogens is 208 g/mol. The Labute approximate surface area is 103 Å². The predicted molar refractivity (Wildman–Crippen MR) is 72.2 cm³/mol. The Morgan fingerprint density at radius 2 is 2.00 bits per heavy atom. The van der Waals surface area contributed by atoms with Crippen molar-refractivity contribution in [2.75, 3.05) is 7.05 Å². The molecule has 0 spiro atoms. The van der Waals surface area contributed by atoms with Crippen LogP contribution in [0.15, 0.2) is 36.5 Å². The number of aromatic amines is 1. The molecule has 2 aromatic rings. The number of benzene rings is 1. The number of hydrogen-bond donors (Lipinski definition) is 2. The summed E-state index contributed by atoms with van der Waals surface area (Å²) in [6.45, 7) is 4.32. The van der Waals surface area contributed by atoms with Gasteiger partial charge in [-0.05, 0) is 56.1 Å². The van der Waals surface area contributed by atoms with Crippen molar-refractivity contribution in [1.29, 1.82) is 0 Å². The molecule has 17 heavy (non-hydrogen) atoms. The van der Waals surface area contributed by atoms with E-state index < -0.39 is 0 Å². The number of H-pyrrole nitrogens is 1. The topological polar surface area (TPSA) is 27.8 Å². The van der Waals surface area contributed by atoms with Crippen molar-refractivity contribution in [3.8, 4) is 0 Å². The van der Waals surface area contributed by atoms with Crippen LogP contribution < -0.4 is 5.32 Å². The summed E-state index contributed by atoms with van der Waals surface area (Å²) in [4.78, 5) is 3.27. The molecule has 2 heteroatoms. The van der Waals surface area contributed by atoms with Crippen LogP contribution in [0.1, 0.15) is 28.4 Å². The molecular formula is C15H20N2. The molecule has 0 aliphatic heterocycles. The highest BCUT2D eigenvalue weighted by Crippen LogP contribution is 2.18. The third kappa shape index (κ3) is 2.77. The normalized spacial score (nSPS) is 12.6. The van der Waals surface area contributed by atoms with Gasteiger partial charge in [-0.3, -0.25) is 0 Å². The first kappa shape index (κ1) is 11.9. The zero-order valence-electron chi connectivity index (χ0n) is 10.7. The fourth-order valence-corrected chi connectivity index (χ4v) is 2.09. The maximum Gasteiger partial charge on any atom is 0.0511 e. The van der Waals surface area contributed by atoms with Crippen molar-refractivity contribution in [2.24, 2.45) is 0 Å². The second-order valence-electron chi connectivity index (χ2n) is 4.59. The van der Waals surface area contributed by atoms with Gasteiger partial charge >= 0.3 is 0 Å². The summed E-state index contributed by atoms with van der Waals surface area (Å²) in [6.07, 6.45) is 2.98. The third-order valence-electron chi connectivity index (χ3n) is 3.36. The first-order valence-corrected chi connectivity index (χ1v) is 6.07. The van der Waals surface area contributed by atoms with Crippen LogP contribution in [0.2, 0.25) is 0 Å². The number of aryl methyl sites for hydroxylation is 2. The van der Waals surface area contributed by atoms with Crippen LogP contribution in [0, 0.1) is 13.8 Å². The van der Waals surface area contributed by atoms with Crippen molar-refractivity contribution in [2.45, 2.75) is 26.3 Å². The van der Waals surface area contributed by atoms with E-state index in [1.807, 2.05) is 19.3 Å². The van der Waals surface area contributed by atoms with Crippen LogP contribution in [-0.4, -0.2) is 12.0 Å². The maximum atomic E-state index is 3.36. The fraction of sp³-hybridized carbons (Fsp3) is 0.333. The van der Waals surface area contributed by atoms with Crippen molar-refractivity contribution < 1.29 is 0 Å². The van der Waals surface area contributed by atoms with Crippen LogP contribution in [0.4, 0.5) is 0 Å². The standard InChI is InChI=1S/C15H20N2/c1-11-6-7-13(9-12(11)2)10-15(16-3)14-5-4-8-17-14/h4-9,15-17H,10H2,1-3H3. The molecule has 0 saturated heterocycles. The smallest absolute Gasteiger partial charge is 0.0511 e. The van der Waals surface area contributed by atoms with Crippen molar-refractivity contribution >= 4 is 0 Å². The lowest BCUT2D eigenvalue weighted by atomic mass is 9.99. The van der Waals surface area contributed by atoms with Crippen molar-refractivity contribution in [1.82, 2.24) is 10.3 Å². The number of likely N-dealkylation sites (N-methyl/N-ethyl adjacent to an activating group) is 1. The molecule has 0 aliphatic carbocycles. The molecule has 1 atom stereocenters. The average Bonchev–Trinajstić information content (AvgIpc) is 2.84. The number of nitrogens with one attached hydrogen (secondary N) is 2. The van der Waals surface area contributed by atoms with E-state index in [1.165, 1.54) is 22.4 Å². The van der Waals surface area contributed by atoms with Gasteiger partial charge in [-0.2, -0.15) is 0 Å². The van der Waals surface area contributed by atoms with Crippen molar-refractivity contribution in [3.63, 3.8) is 0 Å². The first-order valence-electron chi connectivity index (χ1n) is 6.07. The maximum absolute atomic E-state index is 3.36. The Hall–Kier alpha value is -1.54. The minimum Gasteiger partial charge on any atom is -0.364 e. The second-order valence-corrected chi connectivity index (χ2v) is 4.59. The Morgan fingerprint density at radius 1 is 1.18 bits per heavy atom. The molecule has 1 aromatic carbocycles. The van der Waals surface area contributed by atoms with Gasteiger partial charge in [0.05, 0.1) is 6.04 Å². The van der Waals surface area contributed by atoms with E-state index in [4.69, 9.17) is 0 Å². The molecule has 2 rings (SSSR count). The summed E-state index contributed by atoms with van der Waals surface area (Å²) in [7, 11) is 2.01. The summed E-state index contributed by atoms with van der Waals surface area (Å²) >= 11 is 0. The Balaban J connectivity index is 2.16. The number of hydrogen-bond acceptors (Lipinski definition) is 1. The van der Waals surface area contributed by atoms with Gasteiger partial charge in [-0.25, -0.2) is 0 Å². The van der Waals surface area contributed by atoms with Crippen LogP contribution in [-0.2, 0) is 6.42 Å². The fourth-order valence-electron chi connectivity index (χ4n) is 2.09. The Kier molecular flexibility index (Phi) is 3.64. The van der Waals surface area contributed by atoms with Gasteiger partial charge in [0.15, 0.2) is 0 Å². The first-order chi connectivity index (χ1) is 8.20. The van der Waals surface area contributed by atoms with Crippen LogP contribution >= 0.6 is 0 Å². The molecule has 90 valence electrons. The highest BCUT2D eigenvalue weighted by Gasteiger charge is 2.10. The molecule has 1 unspecified atom stereocenters. The van der Waals surface area contributed by atoms with Gasteiger partial charge < -0.3 is 10.3 Å². The van der Waals surface area contributed by atoms with Crippen LogP contribution in [0.5, 0.6) is 0 Å². The zero-order valence-corrected chi connectivity index (χ0v) is 10.7. The molecule has 0 bridgehead atoms. The lowest BCUT2D eigenvalue weighted by Crippen LogP contribution is -2.19. The number of rotatable bonds is 4. The second kappa shape index (κ2) is 5.19. The quantitative estimate of drug-likeness (QED) is 0.826. The molecule has 0 amide bonds. The summed E-state index contributed by atoms with van der Waals surface area (Å²) < 4.78 is 0. The largest absolute Gasteiger partial charge is 0.364 e. The third-order valence-corrected chi connectivity index (χ3v) is 3.36. The molecule has 0 radical (unpaired) electrons. The van der Waals surface area contributed by atoms with E-state index >= 15 is 0 Å². The van der Waals surface area contributed by atoms with E-state index in [0.29, 0.717) is 6.04 Å². The van der Waals surface area contributed by atoms with Crippen molar-refractivity contribution in [3.05, 3.63) is 58.9 Å². The lowest BCUT2D eigenvalue weighted by Gasteiger charge is -2.15. The molecule has 0 saturated carbocycles. The summed E-state index contributed by atoms with van der Waals surface area (Å²) in [5.74, 6) is 0. The molecule has 1 heterocycles. The summed E-state index contributed by atoms with van der Waals surface area (Å²) in [5, 5.41) is 3.36. The van der Waals surface area contributed by atoms with E-state index in [9.17, 15) is 0 Å². The van der Waals surface area contributed by atoms with Crippen LogP contribution in [0.3, 0.4) is 0 Å². The molecule has 2 N–H and O–H groups in total. The van der Waals surface area contributed by atoms with Gasteiger partial charge in [-0.1, -0.05) is 18.2 Å². The zero-order chi connectivity index (χ0) is 12.3. The minimum atomic E-state index is 0.354. The Bertz CT molecular complexity index is 472. The monoisotopic (exact) mass is 228 g/mol. The highest BCUT2D eigenvalue weighted by atomic mass is 14.9. The van der Waals surface area contributed by atoms with Gasteiger partial charge in [-0.15, -0.1) is 0 Å². The van der Waals surface area contributed by atoms with E-state index in [0.717, 1.165) is 6.42 Å². The van der Waals surface area contributed by atoms with Gasteiger partial charge in [0.1, 0.15) is 0 Å². The molecule has 0 fully saturated rings. The SMILES string of the molecule is CNC(Cc1ccc(C)c(C)c1)c1ccc[nH]1. The molecule has 1 aromatic heterocycles. The van der Waals surface area contributed by atoms with E-state index in [2.05, 4.69) is 48.4 Å². The van der Waals surface area contributed by atoms with Crippen LogP contribution in [0.25, 0.3) is 0 Å². The van der Waals surface area contributed by atoms with Gasteiger partial charge in [0.2, 0.25) is 0 Å². The van der Waals surface area contributed by atoms with E-state index in [-0.39, 0.29) is 0 Å².